The van der Waals surface area contributed by atoms with Crippen LogP contribution in [-0.4, -0.2) is 4.43 Å². The summed E-state index contributed by atoms with van der Waals surface area (Å²) in [5.41, 5.74) is 0. The van der Waals surface area contributed by atoms with Crippen molar-refractivity contribution in [2.75, 3.05) is 4.43 Å². The molecule has 1 saturated carbocycles. The zero-order chi connectivity index (χ0) is 8.10. The van der Waals surface area contributed by atoms with E-state index >= 15 is 0 Å². The average molecular weight is 266 g/mol. The van der Waals surface area contributed by atoms with Gasteiger partial charge in [-0.25, -0.2) is 0 Å². The van der Waals surface area contributed by atoms with Crippen LogP contribution in [0, 0.1) is 11.8 Å². The summed E-state index contributed by atoms with van der Waals surface area (Å²) in [5, 5.41) is 0. The van der Waals surface area contributed by atoms with E-state index in [1.165, 1.54) is 43.0 Å². The minimum atomic E-state index is 1.07. The standard InChI is InChI=1S/C10H19I/c1-2-9-5-3-4-6-10(9)7-8-11/h9-10H,2-8H2,1H3. The van der Waals surface area contributed by atoms with Crippen molar-refractivity contribution in [3.05, 3.63) is 0 Å². The molecule has 0 saturated heterocycles. The first-order chi connectivity index (χ1) is 5.38. The van der Waals surface area contributed by atoms with E-state index in [2.05, 4.69) is 29.5 Å². The zero-order valence-electron chi connectivity index (χ0n) is 7.48. The second-order valence-corrected chi connectivity index (χ2v) is 4.77. The molecule has 2 atom stereocenters. The summed E-state index contributed by atoms with van der Waals surface area (Å²) in [7, 11) is 0. The van der Waals surface area contributed by atoms with Gasteiger partial charge in [-0.15, -0.1) is 0 Å². The molecule has 0 radical (unpaired) electrons. The highest BCUT2D eigenvalue weighted by molar-refractivity contribution is 14.1. The van der Waals surface area contributed by atoms with Crippen LogP contribution in [0.2, 0.25) is 0 Å². The van der Waals surface area contributed by atoms with E-state index < -0.39 is 0 Å². The van der Waals surface area contributed by atoms with Gasteiger partial charge in [-0.3, -0.25) is 0 Å². The fraction of sp³-hybridized carbons (Fsp3) is 1.00. The molecule has 0 heterocycles. The molecule has 0 spiro atoms. The van der Waals surface area contributed by atoms with Crippen molar-refractivity contribution < 1.29 is 0 Å². The molecule has 0 amide bonds. The minimum Gasteiger partial charge on any atom is -0.0864 e. The summed E-state index contributed by atoms with van der Waals surface area (Å²) in [6.45, 7) is 2.36. The summed E-state index contributed by atoms with van der Waals surface area (Å²) >= 11 is 2.52. The lowest BCUT2D eigenvalue weighted by Gasteiger charge is -2.30. The highest BCUT2D eigenvalue weighted by Gasteiger charge is 2.22. The third-order valence-corrected chi connectivity index (χ3v) is 3.69. The Balaban J connectivity index is 2.31. The molecule has 0 bridgehead atoms. The van der Waals surface area contributed by atoms with Gasteiger partial charge in [0, 0.05) is 0 Å². The molecule has 1 fully saturated rings. The van der Waals surface area contributed by atoms with Crippen LogP contribution in [0.4, 0.5) is 0 Å². The first-order valence-corrected chi connectivity index (χ1v) is 6.47. The average Bonchev–Trinajstić information content (AvgIpc) is 2.06. The second-order valence-electron chi connectivity index (χ2n) is 3.69. The van der Waals surface area contributed by atoms with E-state index in [1.54, 1.807) is 0 Å². The van der Waals surface area contributed by atoms with Gasteiger partial charge >= 0.3 is 0 Å². The molecule has 0 aromatic rings. The minimum absolute atomic E-state index is 1.07. The maximum absolute atomic E-state index is 2.52. The molecular formula is C10H19I. The molecule has 2 unspecified atom stereocenters. The zero-order valence-corrected chi connectivity index (χ0v) is 9.64. The highest BCUT2D eigenvalue weighted by Crippen LogP contribution is 2.34. The van der Waals surface area contributed by atoms with E-state index in [-0.39, 0.29) is 0 Å². The number of halogens is 1. The normalized spacial score (nSPS) is 32.2. The van der Waals surface area contributed by atoms with Crippen LogP contribution in [0.3, 0.4) is 0 Å². The number of hydrogen-bond donors (Lipinski definition) is 0. The molecule has 0 aliphatic heterocycles. The highest BCUT2D eigenvalue weighted by atomic mass is 127. The molecule has 66 valence electrons. The lowest BCUT2D eigenvalue weighted by Crippen LogP contribution is -2.19. The Labute approximate surface area is 84.3 Å². The maximum atomic E-state index is 2.52. The molecule has 1 aliphatic rings. The lowest BCUT2D eigenvalue weighted by molar-refractivity contribution is 0.226. The molecule has 0 aromatic carbocycles. The Kier molecular flexibility index (Phi) is 4.81. The molecule has 1 rings (SSSR count). The van der Waals surface area contributed by atoms with E-state index in [9.17, 15) is 0 Å². The van der Waals surface area contributed by atoms with Gasteiger partial charge in [0.1, 0.15) is 0 Å². The van der Waals surface area contributed by atoms with Gasteiger partial charge in [-0.1, -0.05) is 61.6 Å². The van der Waals surface area contributed by atoms with Gasteiger partial charge in [0.05, 0.1) is 0 Å². The Bertz CT molecular complexity index is 99.0. The van der Waals surface area contributed by atoms with Crippen molar-refractivity contribution >= 4 is 22.6 Å². The van der Waals surface area contributed by atoms with Crippen LogP contribution in [0.15, 0.2) is 0 Å². The molecule has 11 heavy (non-hydrogen) atoms. The summed E-state index contributed by atoms with van der Waals surface area (Å²) in [4.78, 5) is 0. The molecule has 0 aromatic heterocycles. The van der Waals surface area contributed by atoms with Crippen LogP contribution in [0.25, 0.3) is 0 Å². The molecule has 0 nitrogen and oxygen atoms in total. The van der Waals surface area contributed by atoms with Crippen molar-refractivity contribution in [1.82, 2.24) is 0 Å². The lowest BCUT2D eigenvalue weighted by atomic mass is 9.77. The molecule has 1 heteroatoms. The van der Waals surface area contributed by atoms with E-state index in [0.717, 1.165) is 11.8 Å². The number of hydrogen-bond acceptors (Lipinski definition) is 0. The molecular weight excluding hydrogens is 247 g/mol. The van der Waals surface area contributed by atoms with Gasteiger partial charge in [0.2, 0.25) is 0 Å². The van der Waals surface area contributed by atoms with E-state index in [1.807, 2.05) is 0 Å². The maximum Gasteiger partial charge on any atom is -0.000199 e. The Morgan fingerprint density at radius 3 is 2.36 bits per heavy atom. The SMILES string of the molecule is CCC1CCCCC1CCI. The molecule has 0 N–H and O–H groups in total. The van der Waals surface area contributed by atoms with Crippen molar-refractivity contribution in [2.45, 2.75) is 45.4 Å². The summed E-state index contributed by atoms with van der Waals surface area (Å²) in [6.07, 6.45) is 8.91. The Morgan fingerprint density at radius 1 is 1.18 bits per heavy atom. The topological polar surface area (TPSA) is 0 Å². The third kappa shape index (κ3) is 2.92. The quantitative estimate of drug-likeness (QED) is 0.534. The first-order valence-electron chi connectivity index (χ1n) is 4.94. The van der Waals surface area contributed by atoms with Crippen molar-refractivity contribution in [3.8, 4) is 0 Å². The Hall–Kier alpha value is 0.730. The summed E-state index contributed by atoms with van der Waals surface area (Å²) in [6, 6.07) is 0. The number of rotatable bonds is 3. The fourth-order valence-corrected chi connectivity index (χ4v) is 3.14. The van der Waals surface area contributed by atoms with Gasteiger partial charge < -0.3 is 0 Å². The largest absolute Gasteiger partial charge is 0.0864 e. The second kappa shape index (κ2) is 5.39. The van der Waals surface area contributed by atoms with Gasteiger partial charge in [0.15, 0.2) is 0 Å². The van der Waals surface area contributed by atoms with Gasteiger partial charge in [-0.2, -0.15) is 0 Å². The molecule has 1 aliphatic carbocycles. The van der Waals surface area contributed by atoms with Crippen LogP contribution in [0.1, 0.15) is 45.4 Å². The summed E-state index contributed by atoms with van der Waals surface area (Å²) in [5.74, 6) is 2.14. The predicted octanol–water partition coefficient (Wildman–Crippen LogP) is 4.03. The van der Waals surface area contributed by atoms with Crippen molar-refractivity contribution in [3.63, 3.8) is 0 Å². The first kappa shape index (κ1) is 9.82. The van der Waals surface area contributed by atoms with Gasteiger partial charge in [-0.05, 0) is 22.7 Å². The van der Waals surface area contributed by atoms with Crippen LogP contribution >= 0.6 is 22.6 Å². The van der Waals surface area contributed by atoms with Crippen LogP contribution < -0.4 is 0 Å². The monoisotopic (exact) mass is 266 g/mol. The predicted molar refractivity (Wildman–Crippen MR) is 59.2 cm³/mol. The third-order valence-electron chi connectivity index (χ3n) is 3.07. The van der Waals surface area contributed by atoms with Crippen LogP contribution in [0.5, 0.6) is 0 Å². The van der Waals surface area contributed by atoms with E-state index in [4.69, 9.17) is 0 Å². The smallest absolute Gasteiger partial charge is 0.000199 e. The Morgan fingerprint density at radius 2 is 1.82 bits per heavy atom. The number of alkyl halides is 1. The van der Waals surface area contributed by atoms with Gasteiger partial charge in [0.25, 0.3) is 0 Å². The van der Waals surface area contributed by atoms with Crippen molar-refractivity contribution in [2.24, 2.45) is 11.8 Å². The summed E-state index contributed by atoms with van der Waals surface area (Å²) < 4.78 is 1.36. The van der Waals surface area contributed by atoms with E-state index in [0.29, 0.717) is 0 Å². The van der Waals surface area contributed by atoms with Crippen LogP contribution in [-0.2, 0) is 0 Å². The fourth-order valence-electron chi connectivity index (χ4n) is 2.34. The van der Waals surface area contributed by atoms with Crippen molar-refractivity contribution in [1.29, 1.82) is 0 Å².